The zero-order valence-electron chi connectivity index (χ0n) is 16.4. The van der Waals surface area contributed by atoms with Gasteiger partial charge in [-0.25, -0.2) is 0 Å². The summed E-state index contributed by atoms with van der Waals surface area (Å²) in [6.45, 7) is 2.68. The summed E-state index contributed by atoms with van der Waals surface area (Å²) in [5.41, 5.74) is -0.124. The average Bonchev–Trinajstić information content (AvgIpc) is 2.65. The molecule has 0 aliphatic rings. The highest BCUT2D eigenvalue weighted by Gasteiger charge is 2.17. The second-order valence-electron chi connectivity index (χ2n) is 6.95. The molecular weight excluding hydrogens is 366 g/mol. The summed E-state index contributed by atoms with van der Waals surface area (Å²) in [6, 6.07) is 4.04. The van der Waals surface area contributed by atoms with Crippen molar-refractivity contribution in [2.24, 2.45) is 0 Å². The summed E-state index contributed by atoms with van der Waals surface area (Å²) in [5, 5.41) is 10.4. The fourth-order valence-corrected chi connectivity index (χ4v) is 3.15. The number of halogens is 1. The minimum absolute atomic E-state index is 0.0982. The van der Waals surface area contributed by atoms with Crippen molar-refractivity contribution in [3.8, 4) is 5.75 Å². The zero-order valence-corrected chi connectivity index (χ0v) is 17.1. The molecule has 0 aliphatic heterocycles. The highest BCUT2D eigenvalue weighted by atomic mass is 35.5. The van der Waals surface area contributed by atoms with E-state index in [-0.39, 0.29) is 17.0 Å². The lowest BCUT2D eigenvalue weighted by molar-refractivity contribution is -0.385. The van der Waals surface area contributed by atoms with Crippen LogP contribution in [0.3, 0.4) is 0 Å². The summed E-state index contributed by atoms with van der Waals surface area (Å²) in [5.74, 6) is 0.185. The molecule has 0 amide bonds. The van der Waals surface area contributed by atoms with Gasteiger partial charge >= 0.3 is 5.69 Å². The lowest BCUT2D eigenvalue weighted by Gasteiger charge is -2.07. The van der Waals surface area contributed by atoms with E-state index in [0.29, 0.717) is 6.61 Å². The molecule has 1 aromatic carbocycles. The normalized spacial score (nSPS) is 10.7. The van der Waals surface area contributed by atoms with Gasteiger partial charge in [0, 0.05) is 11.6 Å². The van der Waals surface area contributed by atoms with E-state index in [1.807, 2.05) is 0 Å². The van der Waals surface area contributed by atoms with E-state index in [2.05, 4.69) is 6.92 Å². The number of carbonyl (C=O) groups excluding carboxylic acids is 1. The van der Waals surface area contributed by atoms with Crippen LogP contribution < -0.4 is 4.74 Å². The Hall–Kier alpha value is -1.62. The van der Waals surface area contributed by atoms with E-state index in [1.165, 1.54) is 76.3 Å². The summed E-state index contributed by atoms with van der Waals surface area (Å²) in [7, 11) is 0. The zero-order chi connectivity index (χ0) is 19.9. The van der Waals surface area contributed by atoms with Gasteiger partial charge in [-0.1, -0.05) is 77.6 Å². The first kappa shape index (κ1) is 23.4. The molecule has 0 aromatic heterocycles. The van der Waals surface area contributed by atoms with Crippen LogP contribution in [0.2, 0.25) is 0 Å². The highest BCUT2D eigenvalue weighted by Crippen LogP contribution is 2.28. The molecule has 0 unspecified atom stereocenters. The van der Waals surface area contributed by atoms with Crippen molar-refractivity contribution < 1.29 is 14.5 Å². The van der Waals surface area contributed by atoms with E-state index in [1.54, 1.807) is 0 Å². The van der Waals surface area contributed by atoms with E-state index >= 15 is 0 Å². The van der Waals surface area contributed by atoms with Crippen LogP contribution >= 0.6 is 11.6 Å². The summed E-state index contributed by atoms with van der Waals surface area (Å²) in [4.78, 5) is 21.7. The van der Waals surface area contributed by atoms with Gasteiger partial charge in [0.1, 0.15) is 0 Å². The Balaban J connectivity index is 2.11. The van der Waals surface area contributed by atoms with Gasteiger partial charge in [-0.15, -0.1) is 0 Å². The van der Waals surface area contributed by atoms with Crippen molar-refractivity contribution in [1.29, 1.82) is 0 Å². The van der Waals surface area contributed by atoms with Gasteiger partial charge in [0.15, 0.2) is 5.75 Å². The summed E-state index contributed by atoms with van der Waals surface area (Å²) >= 11 is 5.37. The van der Waals surface area contributed by atoms with E-state index in [9.17, 15) is 14.9 Å². The van der Waals surface area contributed by atoms with Gasteiger partial charge in [0.2, 0.25) is 0 Å². The maximum atomic E-state index is 11.1. The predicted molar refractivity (Wildman–Crippen MR) is 110 cm³/mol. The van der Waals surface area contributed by atoms with Gasteiger partial charge in [0.25, 0.3) is 5.24 Å². The largest absolute Gasteiger partial charge is 0.487 e. The number of ether oxygens (including phenoxy) is 1. The first-order valence-corrected chi connectivity index (χ1v) is 10.5. The Morgan fingerprint density at radius 2 is 1.48 bits per heavy atom. The molecule has 0 saturated carbocycles. The molecule has 0 spiro atoms. The molecule has 0 aliphatic carbocycles. The summed E-state index contributed by atoms with van der Waals surface area (Å²) < 4.78 is 5.53. The van der Waals surface area contributed by atoms with Crippen LogP contribution in [-0.2, 0) is 0 Å². The first-order valence-electron chi connectivity index (χ1n) is 10.2. The minimum atomic E-state index is -0.717. The van der Waals surface area contributed by atoms with Gasteiger partial charge in [0.05, 0.1) is 11.5 Å². The van der Waals surface area contributed by atoms with Crippen LogP contribution in [0.1, 0.15) is 94.3 Å². The third-order valence-electron chi connectivity index (χ3n) is 4.64. The minimum Gasteiger partial charge on any atom is -0.487 e. The number of nitrogens with zero attached hydrogens (tertiary/aromatic N) is 1. The van der Waals surface area contributed by atoms with E-state index in [0.717, 1.165) is 18.9 Å². The van der Waals surface area contributed by atoms with Crippen LogP contribution in [-0.4, -0.2) is 16.8 Å². The molecule has 1 aromatic rings. The monoisotopic (exact) mass is 397 g/mol. The van der Waals surface area contributed by atoms with Gasteiger partial charge in [-0.05, 0) is 30.2 Å². The maximum Gasteiger partial charge on any atom is 0.311 e. The third-order valence-corrected chi connectivity index (χ3v) is 4.86. The standard InChI is InChI=1S/C21H32ClNO4/c1-2-3-4-5-6-7-8-9-10-11-12-13-16-27-20-15-14-18(21(22)24)17-19(20)23(25)26/h14-15,17H,2-13,16H2,1H3. The Labute approximate surface area is 167 Å². The Bertz CT molecular complexity index is 577. The van der Waals surface area contributed by atoms with Crippen molar-refractivity contribution >= 4 is 22.5 Å². The Kier molecular flexibility index (Phi) is 12.5. The average molecular weight is 398 g/mol. The fourth-order valence-electron chi connectivity index (χ4n) is 3.03. The van der Waals surface area contributed by atoms with Crippen LogP contribution in [0.15, 0.2) is 18.2 Å². The second-order valence-corrected chi connectivity index (χ2v) is 7.29. The molecule has 6 heteroatoms. The number of hydrogen-bond acceptors (Lipinski definition) is 4. The molecule has 5 nitrogen and oxygen atoms in total. The number of carbonyl (C=O) groups is 1. The lowest BCUT2D eigenvalue weighted by atomic mass is 10.1. The first-order chi connectivity index (χ1) is 13.1. The maximum absolute atomic E-state index is 11.1. The summed E-state index contributed by atoms with van der Waals surface area (Å²) in [6.07, 6.45) is 15.1. The van der Waals surface area contributed by atoms with Crippen LogP contribution in [0, 0.1) is 10.1 Å². The van der Waals surface area contributed by atoms with Crippen molar-refractivity contribution in [1.82, 2.24) is 0 Å². The topological polar surface area (TPSA) is 69.4 Å². The number of nitro benzene ring substituents is 1. The molecular formula is C21H32ClNO4. The fraction of sp³-hybridized carbons (Fsp3) is 0.667. The molecule has 1 rings (SSSR count). The van der Waals surface area contributed by atoms with Crippen LogP contribution in [0.4, 0.5) is 5.69 Å². The molecule has 27 heavy (non-hydrogen) atoms. The van der Waals surface area contributed by atoms with Gasteiger partial charge in [-0.2, -0.15) is 0 Å². The third kappa shape index (κ3) is 10.3. The van der Waals surface area contributed by atoms with E-state index < -0.39 is 10.2 Å². The van der Waals surface area contributed by atoms with Crippen molar-refractivity contribution in [2.75, 3.05) is 6.61 Å². The molecule has 0 saturated heterocycles. The molecule has 0 fully saturated rings. The number of rotatable bonds is 16. The Morgan fingerprint density at radius 1 is 0.963 bits per heavy atom. The molecule has 0 radical (unpaired) electrons. The van der Waals surface area contributed by atoms with Gasteiger partial charge < -0.3 is 4.74 Å². The van der Waals surface area contributed by atoms with Crippen LogP contribution in [0.5, 0.6) is 5.75 Å². The van der Waals surface area contributed by atoms with Crippen molar-refractivity contribution in [2.45, 2.75) is 84.0 Å². The quantitative estimate of drug-likeness (QED) is 0.129. The molecule has 0 N–H and O–H groups in total. The lowest BCUT2D eigenvalue weighted by Crippen LogP contribution is -2.02. The number of unbranched alkanes of at least 4 members (excludes halogenated alkanes) is 11. The SMILES string of the molecule is CCCCCCCCCCCCCCOc1ccc(C(=O)Cl)cc1[N+](=O)[O-]. The second kappa shape index (κ2) is 14.4. The smallest absolute Gasteiger partial charge is 0.311 e. The van der Waals surface area contributed by atoms with Gasteiger partial charge in [-0.3, -0.25) is 14.9 Å². The number of benzene rings is 1. The van der Waals surface area contributed by atoms with Crippen LogP contribution in [0.25, 0.3) is 0 Å². The predicted octanol–water partition coefficient (Wildman–Crippen LogP) is 7.05. The van der Waals surface area contributed by atoms with Crippen molar-refractivity contribution in [3.63, 3.8) is 0 Å². The van der Waals surface area contributed by atoms with Crippen molar-refractivity contribution in [3.05, 3.63) is 33.9 Å². The molecule has 0 atom stereocenters. The van der Waals surface area contributed by atoms with E-state index in [4.69, 9.17) is 16.3 Å². The number of hydrogen-bond donors (Lipinski definition) is 0. The highest BCUT2D eigenvalue weighted by molar-refractivity contribution is 6.67. The molecule has 0 heterocycles. The molecule has 0 bridgehead atoms. The number of nitro groups is 1. The Morgan fingerprint density at radius 3 is 1.96 bits per heavy atom. The molecule has 152 valence electrons.